The van der Waals surface area contributed by atoms with Crippen LogP contribution < -0.4 is 0 Å². The second-order valence-electron chi connectivity index (χ2n) is 7.26. The van der Waals surface area contributed by atoms with Crippen LogP contribution in [0.25, 0.3) is 0 Å². The van der Waals surface area contributed by atoms with Crippen LogP contribution in [0.4, 0.5) is 0 Å². The van der Waals surface area contributed by atoms with Crippen LogP contribution in [-0.4, -0.2) is 53.9 Å². The first kappa shape index (κ1) is 18.9. The smallest absolute Gasteiger partial charge is 0.228 e. The Bertz CT molecular complexity index is 647. The van der Waals surface area contributed by atoms with Crippen LogP contribution in [0, 0.1) is 5.41 Å². The third-order valence-corrected chi connectivity index (χ3v) is 5.95. The van der Waals surface area contributed by atoms with Crippen LogP contribution in [0.1, 0.15) is 39.2 Å². The van der Waals surface area contributed by atoms with Gasteiger partial charge in [-0.05, 0) is 24.5 Å². The van der Waals surface area contributed by atoms with Gasteiger partial charge in [0, 0.05) is 44.0 Å². The molecule has 2 heterocycles. The van der Waals surface area contributed by atoms with E-state index in [1.165, 1.54) is 4.31 Å². The summed E-state index contributed by atoms with van der Waals surface area (Å²) < 4.78 is 26.4. The Kier molecular flexibility index (Phi) is 5.98. The molecule has 0 unspecified atom stereocenters. The van der Waals surface area contributed by atoms with E-state index in [4.69, 9.17) is 0 Å². The Balaban J connectivity index is 2.09. The number of rotatable bonds is 6. The van der Waals surface area contributed by atoms with Crippen LogP contribution in [0.3, 0.4) is 0 Å². The van der Waals surface area contributed by atoms with Crippen molar-refractivity contribution in [2.24, 2.45) is 5.41 Å². The summed E-state index contributed by atoms with van der Waals surface area (Å²) in [4.78, 5) is 18.4. The van der Waals surface area contributed by atoms with E-state index in [2.05, 4.69) is 4.98 Å². The Morgan fingerprint density at radius 1 is 1.29 bits per heavy atom. The highest BCUT2D eigenvalue weighted by Gasteiger charge is 2.30. The van der Waals surface area contributed by atoms with Crippen molar-refractivity contribution >= 4 is 15.9 Å². The van der Waals surface area contributed by atoms with Gasteiger partial charge in [-0.1, -0.05) is 26.8 Å². The molecule has 1 fully saturated rings. The van der Waals surface area contributed by atoms with E-state index in [-0.39, 0.29) is 18.2 Å². The van der Waals surface area contributed by atoms with Crippen LogP contribution in [0.5, 0.6) is 0 Å². The van der Waals surface area contributed by atoms with E-state index in [9.17, 15) is 13.2 Å². The van der Waals surface area contributed by atoms with Crippen molar-refractivity contribution in [3.63, 3.8) is 0 Å². The minimum atomic E-state index is -3.30. The maximum absolute atomic E-state index is 12.7. The molecule has 1 aromatic heterocycles. The SMILES string of the molecule is CC(C)(C)C(=O)N(CCS(=O)(=O)N1CCCC1)Cc1cccnc1. The lowest BCUT2D eigenvalue weighted by atomic mass is 9.94. The van der Waals surface area contributed by atoms with Crippen molar-refractivity contribution in [1.29, 1.82) is 0 Å². The summed E-state index contributed by atoms with van der Waals surface area (Å²) in [5.74, 6) is -0.0855. The lowest BCUT2D eigenvalue weighted by Gasteiger charge is -2.30. The summed E-state index contributed by atoms with van der Waals surface area (Å²) in [5, 5.41) is 0. The average molecular weight is 353 g/mol. The first-order valence-corrected chi connectivity index (χ1v) is 9.97. The van der Waals surface area contributed by atoms with Gasteiger partial charge in [-0.25, -0.2) is 12.7 Å². The van der Waals surface area contributed by atoms with Crippen molar-refractivity contribution < 1.29 is 13.2 Å². The highest BCUT2D eigenvalue weighted by atomic mass is 32.2. The predicted molar refractivity (Wildman–Crippen MR) is 93.7 cm³/mol. The van der Waals surface area contributed by atoms with Crippen molar-refractivity contribution in [2.45, 2.75) is 40.2 Å². The molecule has 0 atom stereocenters. The van der Waals surface area contributed by atoms with E-state index in [0.29, 0.717) is 19.6 Å². The van der Waals surface area contributed by atoms with Gasteiger partial charge < -0.3 is 4.90 Å². The molecule has 6 nitrogen and oxygen atoms in total. The zero-order valence-corrected chi connectivity index (χ0v) is 15.6. The van der Waals surface area contributed by atoms with E-state index in [1.807, 2.05) is 32.9 Å². The molecule has 0 bridgehead atoms. The molecular formula is C17H27N3O3S. The van der Waals surface area contributed by atoms with Gasteiger partial charge in [0.05, 0.1) is 5.75 Å². The van der Waals surface area contributed by atoms with Crippen LogP contribution in [0.2, 0.25) is 0 Å². The zero-order valence-electron chi connectivity index (χ0n) is 14.7. The number of carbonyl (C=O) groups is 1. The minimum absolute atomic E-state index is 0.0327. The molecule has 0 saturated carbocycles. The fraction of sp³-hybridized carbons (Fsp3) is 0.647. The first-order valence-electron chi connectivity index (χ1n) is 8.36. The quantitative estimate of drug-likeness (QED) is 0.783. The lowest BCUT2D eigenvalue weighted by Crippen LogP contribution is -2.43. The molecule has 2 rings (SSSR count). The monoisotopic (exact) mass is 353 g/mol. The molecule has 1 amide bonds. The summed E-state index contributed by atoms with van der Waals surface area (Å²) in [6, 6.07) is 3.71. The number of aromatic nitrogens is 1. The Hall–Kier alpha value is -1.47. The predicted octanol–water partition coefficient (Wildman–Crippen LogP) is 1.88. The first-order chi connectivity index (χ1) is 11.2. The molecule has 0 spiro atoms. The van der Waals surface area contributed by atoms with Crippen molar-refractivity contribution in [3.8, 4) is 0 Å². The van der Waals surface area contributed by atoms with Gasteiger partial charge in [-0.3, -0.25) is 9.78 Å². The fourth-order valence-corrected chi connectivity index (χ4v) is 4.28. The molecule has 1 aliphatic rings. The number of nitrogens with zero attached hydrogens (tertiary/aromatic N) is 3. The van der Waals surface area contributed by atoms with Crippen LogP contribution in [-0.2, 0) is 21.4 Å². The second kappa shape index (κ2) is 7.61. The molecule has 0 N–H and O–H groups in total. The average Bonchev–Trinajstić information content (AvgIpc) is 3.06. The molecule has 7 heteroatoms. The maximum atomic E-state index is 12.7. The lowest BCUT2D eigenvalue weighted by molar-refractivity contribution is -0.139. The number of hydrogen-bond acceptors (Lipinski definition) is 4. The Labute approximate surface area is 144 Å². The van der Waals surface area contributed by atoms with E-state index in [0.717, 1.165) is 18.4 Å². The Morgan fingerprint density at radius 3 is 2.50 bits per heavy atom. The van der Waals surface area contributed by atoms with Crippen molar-refractivity contribution in [2.75, 3.05) is 25.4 Å². The number of amides is 1. The summed E-state index contributed by atoms with van der Waals surface area (Å²) in [5.41, 5.74) is 0.341. The zero-order chi connectivity index (χ0) is 17.8. The molecular weight excluding hydrogens is 326 g/mol. The molecule has 0 aliphatic carbocycles. The normalized spacial score (nSPS) is 16.3. The van der Waals surface area contributed by atoms with Gasteiger partial charge >= 0.3 is 0 Å². The van der Waals surface area contributed by atoms with Crippen molar-refractivity contribution in [3.05, 3.63) is 30.1 Å². The van der Waals surface area contributed by atoms with Crippen LogP contribution >= 0.6 is 0 Å². The van der Waals surface area contributed by atoms with Gasteiger partial charge in [0.25, 0.3) is 0 Å². The maximum Gasteiger partial charge on any atom is 0.228 e. The van der Waals surface area contributed by atoms with Crippen LogP contribution in [0.15, 0.2) is 24.5 Å². The van der Waals surface area contributed by atoms with E-state index >= 15 is 0 Å². The Morgan fingerprint density at radius 2 is 1.96 bits per heavy atom. The van der Waals surface area contributed by atoms with Crippen molar-refractivity contribution in [1.82, 2.24) is 14.2 Å². The van der Waals surface area contributed by atoms with Gasteiger partial charge in [0.15, 0.2) is 0 Å². The summed E-state index contributed by atoms with van der Waals surface area (Å²) in [7, 11) is -3.30. The van der Waals surface area contributed by atoms with Gasteiger partial charge in [-0.15, -0.1) is 0 Å². The number of hydrogen-bond donors (Lipinski definition) is 0. The van der Waals surface area contributed by atoms with E-state index < -0.39 is 15.4 Å². The summed E-state index contributed by atoms with van der Waals surface area (Å²) in [6.07, 6.45) is 5.22. The minimum Gasteiger partial charge on any atom is -0.337 e. The topological polar surface area (TPSA) is 70.6 Å². The largest absolute Gasteiger partial charge is 0.337 e. The summed E-state index contributed by atoms with van der Waals surface area (Å²) >= 11 is 0. The highest BCUT2D eigenvalue weighted by molar-refractivity contribution is 7.89. The third-order valence-electron chi connectivity index (χ3n) is 4.10. The highest BCUT2D eigenvalue weighted by Crippen LogP contribution is 2.20. The van der Waals surface area contributed by atoms with E-state index in [1.54, 1.807) is 17.3 Å². The molecule has 0 aromatic carbocycles. The molecule has 1 aliphatic heterocycles. The van der Waals surface area contributed by atoms with Gasteiger partial charge in [0.1, 0.15) is 0 Å². The number of carbonyl (C=O) groups excluding carboxylic acids is 1. The second-order valence-corrected chi connectivity index (χ2v) is 9.35. The number of pyridine rings is 1. The van der Waals surface area contributed by atoms with Gasteiger partial charge in [-0.2, -0.15) is 0 Å². The standard InChI is InChI=1S/C17H27N3O3S/c1-17(2,3)16(21)19(14-15-7-6-8-18-13-15)11-12-24(22,23)20-9-4-5-10-20/h6-8,13H,4-5,9-12,14H2,1-3H3. The molecule has 24 heavy (non-hydrogen) atoms. The molecule has 1 saturated heterocycles. The molecule has 1 aromatic rings. The molecule has 0 radical (unpaired) electrons. The third kappa shape index (κ3) is 5.01. The molecule has 134 valence electrons. The number of sulfonamides is 1. The summed E-state index contributed by atoms with van der Waals surface area (Å²) in [6.45, 7) is 7.31. The fourth-order valence-electron chi connectivity index (χ4n) is 2.76. The van der Waals surface area contributed by atoms with Gasteiger partial charge in [0.2, 0.25) is 15.9 Å².